The number of amides is 2. The molecule has 1 N–H and O–H groups in total. The van der Waals surface area contributed by atoms with Crippen LogP contribution in [0.1, 0.15) is 24.8 Å². The van der Waals surface area contributed by atoms with Crippen LogP contribution < -0.4 is 10.9 Å². The number of carbonyl (C=O) groups excluding carboxylic acids is 2. The van der Waals surface area contributed by atoms with E-state index in [2.05, 4.69) is 10.3 Å². The van der Waals surface area contributed by atoms with E-state index in [1.54, 1.807) is 29.1 Å². The molecular weight excluding hydrogens is 382 g/mol. The van der Waals surface area contributed by atoms with Crippen LogP contribution in [0.2, 0.25) is 0 Å². The lowest BCUT2D eigenvalue weighted by molar-refractivity contribution is -0.132. The molecule has 2 fully saturated rings. The summed E-state index contributed by atoms with van der Waals surface area (Å²) >= 11 is 0. The van der Waals surface area contributed by atoms with Gasteiger partial charge in [0.05, 0.1) is 12.1 Å². The summed E-state index contributed by atoms with van der Waals surface area (Å²) in [6.07, 6.45) is 6.71. The summed E-state index contributed by atoms with van der Waals surface area (Å²) in [7, 11) is 0. The van der Waals surface area contributed by atoms with Gasteiger partial charge in [-0.25, -0.2) is 0 Å². The normalized spacial score (nSPS) is 20.5. The van der Waals surface area contributed by atoms with Gasteiger partial charge in [0.1, 0.15) is 0 Å². The van der Waals surface area contributed by atoms with Gasteiger partial charge in [0, 0.05) is 69.4 Å². The molecule has 0 bridgehead atoms. The number of pyridine rings is 2. The highest BCUT2D eigenvalue weighted by Crippen LogP contribution is 2.32. The van der Waals surface area contributed by atoms with E-state index in [-0.39, 0.29) is 35.9 Å². The first-order valence-corrected chi connectivity index (χ1v) is 10.4. The van der Waals surface area contributed by atoms with Crippen molar-refractivity contribution < 1.29 is 9.59 Å². The van der Waals surface area contributed by atoms with Crippen LogP contribution in [0.4, 0.5) is 5.69 Å². The van der Waals surface area contributed by atoms with E-state index in [1.807, 2.05) is 29.0 Å². The van der Waals surface area contributed by atoms with E-state index in [0.717, 1.165) is 17.7 Å². The number of carbonyl (C=O) groups is 2. The molecule has 2 aromatic rings. The van der Waals surface area contributed by atoms with E-state index in [0.29, 0.717) is 32.6 Å². The van der Waals surface area contributed by atoms with E-state index >= 15 is 0 Å². The third-order valence-corrected chi connectivity index (χ3v) is 6.09. The number of aromatic nitrogens is 2. The van der Waals surface area contributed by atoms with Gasteiger partial charge in [0.15, 0.2) is 0 Å². The van der Waals surface area contributed by atoms with Crippen LogP contribution >= 0.6 is 0 Å². The number of nitrogens with one attached hydrogen (secondary N) is 1. The smallest absolute Gasteiger partial charge is 0.250 e. The first-order valence-electron chi connectivity index (χ1n) is 10.4. The molecule has 8 nitrogen and oxygen atoms in total. The standard InChI is InChI=1S/C22H27N5O3/c1-16-15-23-8-5-17(16)24-9-13-27-18-6-12-26(19(18)14-22(27)30)21(29)7-11-25-10-3-2-4-20(25)28/h2-5,8,10,15,18-19H,6-7,9,11-14H2,1H3,(H,23,24)/t18-,19-/m0/s1. The van der Waals surface area contributed by atoms with Crippen molar-refractivity contribution in [2.45, 2.75) is 44.8 Å². The Balaban J connectivity index is 1.32. The molecule has 2 saturated heterocycles. The molecule has 2 amide bonds. The maximum atomic E-state index is 12.8. The number of likely N-dealkylation sites (tertiary alicyclic amines) is 2. The summed E-state index contributed by atoms with van der Waals surface area (Å²) < 4.78 is 1.55. The summed E-state index contributed by atoms with van der Waals surface area (Å²) in [5.74, 6) is 0.119. The Bertz CT molecular complexity index is 988. The maximum Gasteiger partial charge on any atom is 0.250 e. The molecule has 4 rings (SSSR count). The van der Waals surface area contributed by atoms with Crippen LogP contribution in [0.5, 0.6) is 0 Å². The molecule has 0 radical (unpaired) electrons. The van der Waals surface area contributed by atoms with Gasteiger partial charge in [-0.2, -0.15) is 0 Å². The zero-order chi connectivity index (χ0) is 21.1. The molecule has 4 heterocycles. The molecule has 0 aliphatic carbocycles. The third-order valence-electron chi connectivity index (χ3n) is 6.09. The zero-order valence-corrected chi connectivity index (χ0v) is 17.2. The highest BCUT2D eigenvalue weighted by molar-refractivity contribution is 5.83. The van der Waals surface area contributed by atoms with Crippen molar-refractivity contribution in [2.24, 2.45) is 0 Å². The minimum absolute atomic E-state index is 0.0124. The summed E-state index contributed by atoms with van der Waals surface area (Å²) in [6.45, 7) is 4.29. The number of fused-ring (bicyclic) bond motifs is 1. The average Bonchev–Trinajstić information content (AvgIpc) is 3.27. The highest BCUT2D eigenvalue weighted by atomic mass is 16.2. The first kappa shape index (κ1) is 20.1. The van der Waals surface area contributed by atoms with Gasteiger partial charge in [-0.15, -0.1) is 0 Å². The van der Waals surface area contributed by atoms with Gasteiger partial charge < -0.3 is 19.7 Å². The molecule has 158 valence electrons. The molecule has 2 atom stereocenters. The van der Waals surface area contributed by atoms with Crippen molar-refractivity contribution >= 4 is 17.5 Å². The van der Waals surface area contributed by atoms with Crippen molar-refractivity contribution in [3.8, 4) is 0 Å². The average molecular weight is 409 g/mol. The van der Waals surface area contributed by atoms with Crippen molar-refractivity contribution in [1.82, 2.24) is 19.4 Å². The lowest BCUT2D eigenvalue weighted by Crippen LogP contribution is -2.41. The molecule has 8 heteroatoms. The summed E-state index contributed by atoms with van der Waals surface area (Å²) in [6, 6.07) is 6.92. The van der Waals surface area contributed by atoms with Crippen molar-refractivity contribution in [3.05, 3.63) is 58.8 Å². The number of anilines is 1. The topological polar surface area (TPSA) is 87.5 Å². The van der Waals surface area contributed by atoms with Gasteiger partial charge in [-0.1, -0.05) is 6.07 Å². The molecule has 0 spiro atoms. The fraction of sp³-hybridized carbons (Fsp3) is 0.455. The predicted molar refractivity (Wildman–Crippen MR) is 113 cm³/mol. The van der Waals surface area contributed by atoms with Gasteiger partial charge in [0.2, 0.25) is 11.8 Å². The van der Waals surface area contributed by atoms with Crippen LogP contribution in [0.3, 0.4) is 0 Å². The molecule has 0 unspecified atom stereocenters. The summed E-state index contributed by atoms with van der Waals surface area (Å²) in [5, 5.41) is 3.37. The molecular formula is C22H27N5O3. The lowest BCUT2D eigenvalue weighted by atomic mass is 10.1. The second-order valence-corrected chi connectivity index (χ2v) is 7.90. The lowest BCUT2D eigenvalue weighted by Gasteiger charge is -2.26. The third kappa shape index (κ3) is 4.08. The van der Waals surface area contributed by atoms with Crippen LogP contribution in [0.15, 0.2) is 47.7 Å². The number of hydrogen-bond acceptors (Lipinski definition) is 5. The van der Waals surface area contributed by atoms with Gasteiger partial charge in [0.25, 0.3) is 5.56 Å². The number of hydrogen-bond donors (Lipinski definition) is 1. The quantitative estimate of drug-likeness (QED) is 0.744. The SMILES string of the molecule is Cc1cnccc1NCCN1C(=O)C[C@H]2[C@@H]1CCN2C(=O)CCn1ccccc1=O. The first-order chi connectivity index (χ1) is 14.5. The van der Waals surface area contributed by atoms with Gasteiger partial charge in [-0.3, -0.25) is 19.4 Å². The minimum atomic E-state index is -0.108. The Morgan fingerprint density at radius 2 is 2.07 bits per heavy atom. The Morgan fingerprint density at radius 3 is 2.87 bits per heavy atom. The highest BCUT2D eigenvalue weighted by Gasteiger charge is 2.47. The van der Waals surface area contributed by atoms with Crippen molar-refractivity contribution in [3.63, 3.8) is 0 Å². The van der Waals surface area contributed by atoms with E-state index in [4.69, 9.17) is 0 Å². The molecule has 0 aromatic carbocycles. The Labute approximate surface area is 175 Å². The van der Waals surface area contributed by atoms with Crippen LogP contribution in [0, 0.1) is 6.92 Å². The largest absolute Gasteiger partial charge is 0.383 e. The molecule has 0 saturated carbocycles. The van der Waals surface area contributed by atoms with Crippen LogP contribution in [-0.4, -0.2) is 62.9 Å². The van der Waals surface area contributed by atoms with E-state index in [9.17, 15) is 14.4 Å². The number of aryl methyl sites for hydroxylation is 2. The minimum Gasteiger partial charge on any atom is -0.383 e. The summed E-state index contributed by atoms with van der Waals surface area (Å²) in [4.78, 5) is 45.1. The van der Waals surface area contributed by atoms with E-state index < -0.39 is 0 Å². The Hall–Kier alpha value is -3.16. The fourth-order valence-corrected chi connectivity index (χ4v) is 4.52. The number of nitrogens with zero attached hydrogens (tertiary/aromatic N) is 4. The molecule has 2 aromatic heterocycles. The second-order valence-electron chi connectivity index (χ2n) is 7.90. The Kier molecular flexibility index (Phi) is 5.83. The fourth-order valence-electron chi connectivity index (χ4n) is 4.52. The molecule has 30 heavy (non-hydrogen) atoms. The summed E-state index contributed by atoms with van der Waals surface area (Å²) in [5.41, 5.74) is 1.98. The predicted octanol–water partition coefficient (Wildman–Crippen LogP) is 1.26. The van der Waals surface area contributed by atoms with Gasteiger partial charge >= 0.3 is 0 Å². The zero-order valence-electron chi connectivity index (χ0n) is 17.2. The van der Waals surface area contributed by atoms with Crippen molar-refractivity contribution in [1.29, 1.82) is 0 Å². The van der Waals surface area contributed by atoms with E-state index in [1.165, 1.54) is 6.07 Å². The monoisotopic (exact) mass is 409 g/mol. The maximum absolute atomic E-state index is 12.8. The molecule has 2 aliphatic heterocycles. The van der Waals surface area contributed by atoms with Crippen molar-refractivity contribution in [2.75, 3.05) is 25.0 Å². The number of rotatable bonds is 7. The van der Waals surface area contributed by atoms with Crippen LogP contribution in [-0.2, 0) is 16.1 Å². The Morgan fingerprint density at radius 1 is 1.20 bits per heavy atom. The van der Waals surface area contributed by atoms with Crippen LogP contribution in [0.25, 0.3) is 0 Å². The van der Waals surface area contributed by atoms with Gasteiger partial charge in [-0.05, 0) is 31.0 Å². The molecule has 2 aliphatic rings. The second kappa shape index (κ2) is 8.69.